The summed E-state index contributed by atoms with van der Waals surface area (Å²) in [6.07, 6.45) is 0. The third-order valence-electron chi connectivity index (χ3n) is 2.63. The van der Waals surface area contributed by atoms with E-state index < -0.39 is 22.5 Å². The quantitative estimate of drug-likeness (QED) is 0.812. The zero-order valence-corrected chi connectivity index (χ0v) is 13.2. The molecule has 0 heterocycles. The lowest BCUT2D eigenvalue weighted by molar-refractivity contribution is -0.113. The molecule has 4 nitrogen and oxygen atoms in total. The zero-order chi connectivity index (χ0) is 15.4. The Labute approximate surface area is 132 Å². The van der Waals surface area contributed by atoms with Crippen LogP contribution in [0.5, 0.6) is 0 Å². The maximum absolute atomic E-state index is 12.9. The van der Waals surface area contributed by atoms with E-state index in [1.807, 2.05) is 0 Å². The minimum absolute atomic E-state index is 0.120. The normalized spacial score (nSPS) is 11.9. The molecule has 110 valence electrons. The number of amides is 1. The Balaban J connectivity index is 2.05. The van der Waals surface area contributed by atoms with Crippen molar-refractivity contribution in [2.75, 3.05) is 16.8 Å². The Kier molecular flexibility index (Phi) is 5.08. The summed E-state index contributed by atoms with van der Waals surface area (Å²) in [6, 6.07) is 10.6. The fraction of sp³-hybridized carbons (Fsp3) is 0.0714. The van der Waals surface area contributed by atoms with Crippen LogP contribution in [0.3, 0.4) is 0 Å². The number of carbonyl (C=O) groups is 1. The van der Waals surface area contributed by atoms with Crippen LogP contribution in [0.1, 0.15) is 0 Å². The molecule has 0 aliphatic rings. The van der Waals surface area contributed by atoms with Gasteiger partial charge in [-0.2, -0.15) is 0 Å². The second kappa shape index (κ2) is 6.82. The van der Waals surface area contributed by atoms with Crippen molar-refractivity contribution in [2.45, 2.75) is 4.90 Å². The van der Waals surface area contributed by atoms with Gasteiger partial charge in [-0.25, -0.2) is 4.39 Å². The van der Waals surface area contributed by atoms with Gasteiger partial charge in [0.2, 0.25) is 5.91 Å². The highest BCUT2D eigenvalue weighted by Gasteiger charge is 2.13. The first kappa shape index (κ1) is 15.7. The average Bonchev–Trinajstić information content (AvgIpc) is 2.42. The van der Waals surface area contributed by atoms with Gasteiger partial charge in [-0.05, 0) is 46.3 Å². The molecule has 1 unspecified atom stereocenters. The van der Waals surface area contributed by atoms with E-state index in [1.54, 1.807) is 24.3 Å². The summed E-state index contributed by atoms with van der Waals surface area (Å²) in [4.78, 5) is 12.4. The molecule has 0 aliphatic carbocycles. The maximum Gasteiger partial charge on any atom is 0.237 e. The maximum atomic E-state index is 12.9. The number of anilines is 2. The summed E-state index contributed by atoms with van der Waals surface area (Å²) < 4.78 is 25.7. The van der Waals surface area contributed by atoms with E-state index in [1.165, 1.54) is 12.1 Å². The van der Waals surface area contributed by atoms with Crippen LogP contribution >= 0.6 is 15.9 Å². The molecule has 1 atom stereocenters. The van der Waals surface area contributed by atoms with E-state index in [9.17, 15) is 13.4 Å². The van der Waals surface area contributed by atoms with Gasteiger partial charge in [0.1, 0.15) is 11.6 Å². The van der Waals surface area contributed by atoms with Gasteiger partial charge in [0.25, 0.3) is 0 Å². The predicted molar refractivity (Wildman–Crippen MR) is 84.9 cm³/mol. The number of carbonyl (C=O) groups excluding carboxylic acids is 1. The zero-order valence-electron chi connectivity index (χ0n) is 10.8. The van der Waals surface area contributed by atoms with Crippen molar-refractivity contribution < 1.29 is 13.4 Å². The third-order valence-corrected chi connectivity index (χ3v) is 4.96. The minimum atomic E-state index is -1.48. The molecule has 0 saturated heterocycles. The number of nitrogens with one attached hydrogen (secondary N) is 1. The lowest BCUT2D eigenvalue weighted by Crippen LogP contribution is -2.20. The predicted octanol–water partition coefficient (Wildman–Crippen LogP) is 2.92. The minimum Gasteiger partial charge on any atom is -0.397 e. The van der Waals surface area contributed by atoms with Crippen molar-refractivity contribution in [3.05, 3.63) is 52.8 Å². The molecule has 21 heavy (non-hydrogen) atoms. The first-order valence-corrected chi connectivity index (χ1v) is 8.06. The van der Waals surface area contributed by atoms with E-state index >= 15 is 0 Å². The molecule has 0 bridgehead atoms. The van der Waals surface area contributed by atoms with Crippen LogP contribution in [0.4, 0.5) is 15.8 Å². The lowest BCUT2D eigenvalue weighted by Gasteiger charge is -2.08. The summed E-state index contributed by atoms with van der Waals surface area (Å²) in [6.45, 7) is 0. The van der Waals surface area contributed by atoms with E-state index in [0.717, 1.165) is 6.07 Å². The van der Waals surface area contributed by atoms with Gasteiger partial charge in [-0.1, -0.05) is 12.1 Å². The van der Waals surface area contributed by atoms with Gasteiger partial charge in [-0.15, -0.1) is 0 Å². The first-order valence-electron chi connectivity index (χ1n) is 5.95. The van der Waals surface area contributed by atoms with Crippen LogP contribution < -0.4 is 11.1 Å². The van der Waals surface area contributed by atoms with Crippen LogP contribution in [0.25, 0.3) is 0 Å². The van der Waals surface area contributed by atoms with E-state index in [0.29, 0.717) is 15.1 Å². The molecule has 0 radical (unpaired) electrons. The molecule has 0 aromatic heterocycles. The molecule has 1 amide bonds. The van der Waals surface area contributed by atoms with Gasteiger partial charge in [0.05, 0.1) is 27.1 Å². The lowest BCUT2D eigenvalue weighted by atomic mass is 10.2. The molecule has 0 aliphatic heterocycles. The number of hydrogen-bond donors (Lipinski definition) is 2. The second-order valence-electron chi connectivity index (χ2n) is 4.20. The number of hydrogen-bond acceptors (Lipinski definition) is 3. The number of halogens is 2. The van der Waals surface area contributed by atoms with E-state index in [2.05, 4.69) is 21.2 Å². The Morgan fingerprint density at radius 1 is 1.29 bits per heavy atom. The summed E-state index contributed by atoms with van der Waals surface area (Å²) in [7, 11) is -1.48. The van der Waals surface area contributed by atoms with Crippen molar-refractivity contribution in [1.29, 1.82) is 0 Å². The highest BCUT2D eigenvalue weighted by molar-refractivity contribution is 9.10. The van der Waals surface area contributed by atoms with Crippen molar-refractivity contribution in [3.63, 3.8) is 0 Å². The smallest absolute Gasteiger partial charge is 0.237 e. The molecule has 7 heteroatoms. The standard InChI is InChI=1S/C14H12BrFN2O2S/c15-10-3-1-2-4-13(10)21(20)8-14(19)18-12-6-5-9(16)7-11(12)17/h1-7H,8,17H2,(H,18,19). The van der Waals surface area contributed by atoms with Crippen molar-refractivity contribution in [2.24, 2.45) is 0 Å². The van der Waals surface area contributed by atoms with Gasteiger partial charge < -0.3 is 11.1 Å². The third kappa shape index (κ3) is 4.12. The van der Waals surface area contributed by atoms with E-state index in [-0.39, 0.29) is 11.4 Å². The van der Waals surface area contributed by atoms with Crippen molar-refractivity contribution in [3.8, 4) is 0 Å². The number of benzene rings is 2. The van der Waals surface area contributed by atoms with Crippen LogP contribution in [-0.2, 0) is 15.6 Å². The number of nitrogens with two attached hydrogens (primary N) is 1. The molecular formula is C14H12BrFN2O2S. The molecule has 0 fully saturated rings. The summed E-state index contributed by atoms with van der Waals surface area (Å²) >= 11 is 3.29. The monoisotopic (exact) mass is 370 g/mol. The average molecular weight is 371 g/mol. The molecule has 2 aromatic carbocycles. The Hall–Kier alpha value is -1.73. The van der Waals surface area contributed by atoms with Crippen LogP contribution in [0.2, 0.25) is 0 Å². The topological polar surface area (TPSA) is 72.2 Å². The molecule has 2 aromatic rings. The highest BCUT2D eigenvalue weighted by Crippen LogP contribution is 2.21. The Bertz CT molecular complexity index is 709. The largest absolute Gasteiger partial charge is 0.397 e. The summed E-state index contributed by atoms with van der Waals surface area (Å²) in [5.41, 5.74) is 6.01. The van der Waals surface area contributed by atoms with Gasteiger partial charge in [0.15, 0.2) is 0 Å². The second-order valence-corrected chi connectivity index (χ2v) is 6.47. The fourth-order valence-electron chi connectivity index (χ4n) is 1.66. The van der Waals surface area contributed by atoms with Gasteiger partial charge in [0, 0.05) is 4.47 Å². The van der Waals surface area contributed by atoms with Crippen LogP contribution in [0, 0.1) is 5.82 Å². The fourth-order valence-corrected chi connectivity index (χ4v) is 3.47. The number of nitrogen functional groups attached to an aromatic ring is 1. The first-order chi connectivity index (χ1) is 9.97. The Morgan fingerprint density at radius 2 is 2.00 bits per heavy atom. The summed E-state index contributed by atoms with van der Waals surface area (Å²) in [5, 5.41) is 2.52. The molecule has 0 saturated carbocycles. The van der Waals surface area contributed by atoms with Crippen LogP contribution in [0.15, 0.2) is 51.8 Å². The Morgan fingerprint density at radius 3 is 2.67 bits per heavy atom. The molecule has 0 spiro atoms. The van der Waals surface area contributed by atoms with Gasteiger partial charge in [-0.3, -0.25) is 9.00 Å². The van der Waals surface area contributed by atoms with Crippen LogP contribution in [-0.4, -0.2) is 15.9 Å². The number of rotatable bonds is 4. The summed E-state index contributed by atoms with van der Waals surface area (Å²) in [5.74, 6) is -1.15. The molecule has 3 N–H and O–H groups in total. The van der Waals surface area contributed by atoms with Gasteiger partial charge >= 0.3 is 0 Å². The van der Waals surface area contributed by atoms with Crippen molar-refractivity contribution in [1.82, 2.24) is 0 Å². The van der Waals surface area contributed by atoms with Crippen molar-refractivity contribution >= 4 is 44.0 Å². The molecular weight excluding hydrogens is 359 g/mol. The van der Waals surface area contributed by atoms with E-state index in [4.69, 9.17) is 5.73 Å². The molecule has 2 rings (SSSR count). The SMILES string of the molecule is Nc1cc(F)ccc1NC(=O)CS(=O)c1ccccc1Br. The highest BCUT2D eigenvalue weighted by atomic mass is 79.9.